The van der Waals surface area contributed by atoms with Crippen LogP contribution >= 0.6 is 11.6 Å². The maximum absolute atomic E-state index is 5.74. The molecule has 13 heavy (non-hydrogen) atoms. The van der Waals surface area contributed by atoms with Crippen LogP contribution in [0.5, 0.6) is 0 Å². The summed E-state index contributed by atoms with van der Waals surface area (Å²) in [6.07, 6.45) is 4.29. The van der Waals surface area contributed by atoms with Crippen LogP contribution in [0, 0.1) is 6.92 Å². The Morgan fingerprint density at radius 2 is 2.23 bits per heavy atom. The zero-order valence-electron chi connectivity index (χ0n) is 7.79. The zero-order chi connectivity index (χ0) is 9.42. The highest BCUT2D eigenvalue weighted by Gasteiger charge is 2.28. The Morgan fingerprint density at radius 3 is 2.85 bits per heavy atom. The van der Waals surface area contributed by atoms with E-state index in [2.05, 4.69) is 21.9 Å². The normalized spacial score (nSPS) is 15.9. The predicted molar refractivity (Wildman–Crippen MR) is 53.2 cm³/mol. The molecule has 0 spiro atoms. The monoisotopic (exact) mass is 197 g/mol. The number of anilines is 1. The first-order chi connectivity index (χ1) is 6.18. The van der Waals surface area contributed by atoms with E-state index in [0.29, 0.717) is 11.3 Å². The molecule has 1 aromatic rings. The standard InChI is InChI=1S/C9H12ClN3/c1-6-5-11-9(10)12-8(6)13(2)7-3-4-7/h5,7H,3-4H2,1-2H3. The number of hydrogen-bond acceptors (Lipinski definition) is 3. The minimum Gasteiger partial charge on any atom is -0.356 e. The molecule has 1 heterocycles. The summed E-state index contributed by atoms with van der Waals surface area (Å²) in [7, 11) is 2.06. The molecule has 1 aliphatic carbocycles. The van der Waals surface area contributed by atoms with Crippen molar-refractivity contribution in [3.63, 3.8) is 0 Å². The molecule has 0 N–H and O–H groups in total. The summed E-state index contributed by atoms with van der Waals surface area (Å²) in [4.78, 5) is 10.3. The molecule has 0 bridgehead atoms. The first kappa shape index (κ1) is 8.75. The summed E-state index contributed by atoms with van der Waals surface area (Å²) in [6, 6.07) is 0.657. The van der Waals surface area contributed by atoms with Gasteiger partial charge < -0.3 is 4.90 Å². The van der Waals surface area contributed by atoms with Crippen LogP contribution in [-0.4, -0.2) is 23.1 Å². The Hall–Kier alpha value is -0.830. The molecule has 0 amide bonds. The molecule has 1 aromatic heterocycles. The summed E-state index contributed by atoms with van der Waals surface area (Å²) in [6.45, 7) is 2.00. The average Bonchev–Trinajstić information content (AvgIpc) is 2.91. The Labute approximate surface area is 82.8 Å². The van der Waals surface area contributed by atoms with Crippen LogP contribution in [0.4, 0.5) is 5.82 Å². The first-order valence-corrected chi connectivity index (χ1v) is 4.78. The summed E-state index contributed by atoms with van der Waals surface area (Å²) >= 11 is 5.74. The fourth-order valence-electron chi connectivity index (χ4n) is 1.40. The van der Waals surface area contributed by atoms with Crippen LogP contribution in [0.1, 0.15) is 18.4 Å². The molecule has 0 saturated heterocycles. The van der Waals surface area contributed by atoms with E-state index >= 15 is 0 Å². The fourth-order valence-corrected chi connectivity index (χ4v) is 1.53. The molecule has 4 heteroatoms. The van der Waals surface area contributed by atoms with Gasteiger partial charge in [0.1, 0.15) is 5.82 Å². The van der Waals surface area contributed by atoms with Crippen molar-refractivity contribution in [3.05, 3.63) is 17.0 Å². The number of rotatable bonds is 2. The lowest BCUT2D eigenvalue weighted by atomic mass is 10.3. The van der Waals surface area contributed by atoms with E-state index in [1.165, 1.54) is 12.8 Å². The fraction of sp³-hybridized carbons (Fsp3) is 0.556. The topological polar surface area (TPSA) is 29.0 Å². The molecule has 0 aromatic carbocycles. The lowest BCUT2D eigenvalue weighted by Crippen LogP contribution is -2.21. The minimum absolute atomic E-state index is 0.327. The third-order valence-electron chi connectivity index (χ3n) is 2.34. The average molecular weight is 198 g/mol. The van der Waals surface area contributed by atoms with Gasteiger partial charge in [0.15, 0.2) is 0 Å². The molecular formula is C9H12ClN3. The number of aromatic nitrogens is 2. The van der Waals surface area contributed by atoms with Crippen molar-refractivity contribution in [2.45, 2.75) is 25.8 Å². The van der Waals surface area contributed by atoms with Gasteiger partial charge in [-0.15, -0.1) is 0 Å². The quantitative estimate of drug-likeness (QED) is 0.680. The van der Waals surface area contributed by atoms with E-state index in [0.717, 1.165) is 11.4 Å². The van der Waals surface area contributed by atoms with Gasteiger partial charge in [-0.1, -0.05) is 0 Å². The molecule has 0 atom stereocenters. The summed E-state index contributed by atoms with van der Waals surface area (Å²) in [5.41, 5.74) is 1.08. The van der Waals surface area contributed by atoms with Gasteiger partial charge in [-0.2, -0.15) is 0 Å². The Balaban J connectivity index is 2.31. The Bertz CT molecular complexity index is 323. The van der Waals surface area contributed by atoms with Crippen LogP contribution < -0.4 is 4.90 Å². The van der Waals surface area contributed by atoms with Gasteiger partial charge >= 0.3 is 0 Å². The van der Waals surface area contributed by atoms with Crippen molar-refractivity contribution >= 4 is 17.4 Å². The SMILES string of the molecule is Cc1cnc(Cl)nc1N(C)C1CC1. The predicted octanol–water partition coefficient (Wildman–Crippen LogP) is 2.04. The van der Waals surface area contributed by atoms with Crippen LogP contribution in [0.3, 0.4) is 0 Å². The van der Waals surface area contributed by atoms with E-state index in [4.69, 9.17) is 11.6 Å². The number of hydrogen-bond donors (Lipinski definition) is 0. The molecule has 70 valence electrons. The molecule has 1 fully saturated rings. The van der Waals surface area contributed by atoms with Crippen molar-refractivity contribution in [2.75, 3.05) is 11.9 Å². The van der Waals surface area contributed by atoms with Gasteiger partial charge in [0.2, 0.25) is 5.28 Å². The first-order valence-electron chi connectivity index (χ1n) is 4.40. The van der Waals surface area contributed by atoms with Gasteiger partial charge in [-0.25, -0.2) is 9.97 Å². The number of nitrogens with zero attached hydrogens (tertiary/aromatic N) is 3. The molecule has 0 unspecified atom stereocenters. The summed E-state index contributed by atoms with van der Waals surface area (Å²) < 4.78 is 0. The largest absolute Gasteiger partial charge is 0.356 e. The molecular weight excluding hydrogens is 186 g/mol. The van der Waals surface area contributed by atoms with Crippen LogP contribution in [-0.2, 0) is 0 Å². The highest BCUT2D eigenvalue weighted by molar-refractivity contribution is 6.28. The van der Waals surface area contributed by atoms with Crippen LogP contribution in [0.2, 0.25) is 5.28 Å². The van der Waals surface area contributed by atoms with Gasteiger partial charge in [0, 0.05) is 24.8 Å². The van der Waals surface area contributed by atoms with Gasteiger partial charge in [-0.3, -0.25) is 0 Å². The second-order valence-corrected chi connectivity index (χ2v) is 3.83. The van der Waals surface area contributed by atoms with Crippen LogP contribution in [0.15, 0.2) is 6.20 Å². The van der Waals surface area contributed by atoms with Gasteiger partial charge in [0.05, 0.1) is 0 Å². The van der Waals surface area contributed by atoms with Crippen LogP contribution in [0.25, 0.3) is 0 Å². The minimum atomic E-state index is 0.327. The molecule has 1 saturated carbocycles. The zero-order valence-corrected chi connectivity index (χ0v) is 8.54. The van der Waals surface area contributed by atoms with Crippen molar-refractivity contribution < 1.29 is 0 Å². The lowest BCUT2D eigenvalue weighted by Gasteiger charge is -2.18. The second kappa shape index (κ2) is 3.14. The Morgan fingerprint density at radius 1 is 1.54 bits per heavy atom. The van der Waals surface area contributed by atoms with Crippen molar-refractivity contribution in [2.24, 2.45) is 0 Å². The van der Waals surface area contributed by atoms with Gasteiger partial charge in [-0.05, 0) is 31.4 Å². The summed E-state index contributed by atoms with van der Waals surface area (Å²) in [5.74, 6) is 0.961. The molecule has 2 rings (SSSR count). The highest BCUT2D eigenvalue weighted by Crippen LogP contribution is 2.30. The van der Waals surface area contributed by atoms with Crippen molar-refractivity contribution in [1.29, 1.82) is 0 Å². The molecule has 0 radical (unpaired) electrons. The van der Waals surface area contributed by atoms with Crippen molar-refractivity contribution in [1.82, 2.24) is 9.97 Å². The highest BCUT2D eigenvalue weighted by atomic mass is 35.5. The lowest BCUT2D eigenvalue weighted by molar-refractivity contribution is 0.877. The second-order valence-electron chi connectivity index (χ2n) is 3.49. The molecule has 1 aliphatic rings. The number of aryl methyl sites for hydroxylation is 1. The van der Waals surface area contributed by atoms with Gasteiger partial charge in [0.25, 0.3) is 0 Å². The van der Waals surface area contributed by atoms with E-state index in [1.807, 2.05) is 6.92 Å². The van der Waals surface area contributed by atoms with E-state index in [9.17, 15) is 0 Å². The van der Waals surface area contributed by atoms with E-state index in [1.54, 1.807) is 6.20 Å². The third kappa shape index (κ3) is 1.75. The molecule has 0 aliphatic heterocycles. The maximum Gasteiger partial charge on any atom is 0.224 e. The van der Waals surface area contributed by atoms with Crippen molar-refractivity contribution in [3.8, 4) is 0 Å². The maximum atomic E-state index is 5.74. The van der Waals surface area contributed by atoms with E-state index < -0.39 is 0 Å². The molecule has 3 nitrogen and oxygen atoms in total. The number of halogens is 1. The summed E-state index contributed by atoms with van der Waals surface area (Å²) in [5, 5.41) is 0.327. The Kier molecular flexibility index (Phi) is 2.12. The smallest absolute Gasteiger partial charge is 0.224 e. The third-order valence-corrected chi connectivity index (χ3v) is 2.53. The van der Waals surface area contributed by atoms with E-state index in [-0.39, 0.29) is 0 Å².